The van der Waals surface area contributed by atoms with Crippen molar-refractivity contribution in [1.29, 1.82) is 0 Å². The molecule has 0 aromatic rings. The van der Waals surface area contributed by atoms with E-state index in [4.69, 9.17) is 10.2 Å². The summed E-state index contributed by atoms with van der Waals surface area (Å²) in [5, 5.41) is 17.2. The summed E-state index contributed by atoms with van der Waals surface area (Å²) < 4.78 is 9.14. The topological polar surface area (TPSA) is 58.9 Å². The van der Waals surface area contributed by atoms with E-state index in [0.29, 0.717) is 13.2 Å². The number of aliphatic hydroxyl groups excluding tert-OH is 2. The summed E-state index contributed by atoms with van der Waals surface area (Å²) in [7, 11) is 0. The zero-order chi connectivity index (χ0) is 5.98. The number of aliphatic hydroxyl groups is 2. The van der Waals surface area contributed by atoms with Crippen LogP contribution in [0.25, 0.3) is 0 Å². The van der Waals surface area contributed by atoms with Crippen LogP contribution in [0, 0.1) is 0 Å². The maximum Gasteiger partial charge on any atom is 0.206 e. The maximum atomic E-state index is 8.58. The summed E-state index contributed by atoms with van der Waals surface area (Å²) >= 11 is 0. The Morgan fingerprint density at radius 1 is 1.00 bits per heavy atom. The molecule has 1 saturated heterocycles. The SMILES string of the molecule is OC1OCCO[C@@H]1O. The first-order valence-corrected chi connectivity index (χ1v) is 2.40. The van der Waals surface area contributed by atoms with Crippen LogP contribution in [0.15, 0.2) is 0 Å². The van der Waals surface area contributed by atoms with Crippen molar-refractivity contribution in [3.63, 3.8) is 0 Å². The van der Waals surface area contributed by atoms with Crippen molar-refractivity contribution in [2.45, 2.75) is 12.6 Å². The fourth-order valence-electron chi connectivity index (χ4n) is 0.502. The van der Waals surface area contributed by atoms with Crippen LogP contribution in [-0.2, 0) is 9.47 Å². The van der Waals surface area contributed by atoms with Gasteiger partial charge in [-0.3, -0.25) is 0 Å². The summed E-state index contributed by atoms with van der Waals surface area (Å²) in [5.41, 5.74) is 0. The van der Waals surface area contributed by atoms with E-state index in [1.165, 1.54) is 0 Å². The highest BCUT2D eigenvalue weighted by Gasteiger charge is 2.20. The van der Waals surface area contributed by atoms with Crippen LogP contribution >= 0.6 is 0 Å². The van der Waals surface area contributed by atoms with Crippen molar-refractivity contribution in [2.75, 3.05) is 13.2 Å². The molecule has 0 radical (unpaired) electrons. The third kappa shape index (κ3) is 1.16. The number of hydrogen-bond donors (Lipinski definition) is 2. The van der Waals surface area contributed by atoms with Gasteiger partial charge in [-0.05, 0) is 0 Å². The Kier molecular flexibility index (Phi) is 1.80. The molecule has 0 spiro atoms. The van der Waals surface area contributed by atoms with E-state index in [1.807, 2.05) is 0 Å². The van der Waals surface area contributed by atoms with Gasteiger partial charge in [0.05, 0.1) is 13.2 Å². The van der Waals surface area contributed by atoms with Crippen molar-refractivity contribution in [1.82, 2.24) is 0 Å². The summed E-state index contributed by atoms with van der Waals surface area (Å²) in [6.07, 6.45) is -2.33. The van der Waals surface area contributed by atoms with Crippen LogP contribution in [0.1, 0.15) is 0 Å². The molecule has 0 aromatic carbocycles. The molecule has 2 N–H and O–H groups in total. The van der Waals surface area contributed by atoms with E-state index < -0.39 is 12.6 Å². The van der Waals surface area contributed by atoms with Crippen molar-refractivity contribution < 1.29 is 19.7 Å². The molecule has 1 heterocycles. The van der Waals surface area contributed by atoms with Crippen molar-refractivity contribution in [3.05, 3.63) is 0 Å². The Balaban J connectivity index is 2.28. The molecule has 1 unspecified atom stereocenters. The highest BCUT2D eigenvalue weighted by molar-refractivity contribution is 4.49. The molecule has 4 heteroatoms. The van der Waals surface area contributed by atoms with Crippen molar-refractivity contribution in [3.8, 4) is 0 Å². The van der Waals surface area contributed by atoms with E-state index in [-0.39, 0.29) is 0 Å². The molecule has 1 aliphatic rings. The zero-order valence-corrected chi connectivity index (χ0v) is 4.28. The zero-order valence-electron chi connectivity index (χ0n) is 4.28. The van der Waals surface area contributed by atoms with Crippen LogP contribution < -0.4 is 0 Å². The number of ether oxygens (including phenoxy) is 2. The average Bonchev–Trinajstić information content (AvgIpc) is 1.77. The molecule has 4 nitrogen and oxygen atoms in total. The molecule has 1 fully saturated rings. The summed E-state index contributed by atoms with van der Waals surface area (Å²) in [5.74, 6) is 0. The summed E-state index contributed by atoms with van der Waals surface area (Å²) in [6.45, 7) is 0.691. The Morgan fingerprint density at radius 3 is 1.62 bits per heavy atom. The molecule has 48 valence electrons. The normalized spacial score (nSPS) is 39.8. The second-order valence-electron chi connectivity index (χ2n) is 1.52. The van der Waals surface area contributed by atoms with Crippen LogP contribution in [0.2, 0.25) is 0 Å². The monoisotopic (exact) mass is 120 g/mol. The van der Waals surface area contributed by atoms with Gasteiger partial charge in [-0.25, -0.2) is 0 Å². The Morgan fingerprint density at radius 2 is 1.38 bits per heavy atom. The number of hydrogen-bond acceptors (Lipinski definition) is 4. The van der Waals surface area contributed by atoms with Gasteiger partial charge in [0.15, 0.2) is 0 Å². The summed E-state index contributed by atoms with van der Waals surface area (Å²) in [6, 6.07) is 0. The lowest BCUT2D eigenvalue weighted by molar-refractivity contribution is -0.291. The minimum atomic E-state index is -1.16. The van der Waals surface area contributed by atoms with E-state index >= 15 is 0 Å². The van der Waals surface area contributed by atoms with E-state index in [0.717, 1.165) is 0 Å². The minimum absolute atomic E-state index is 0.345. The predicted octanol–water partition coefficient (Wildman–Crippen LogP) is -1.33. The number of rotatable bonds is 0. The standard InChI is InChI=1S/C4H8O4/c5-3-4(6)8-2-1-7-3/h3-6H,1-2H2/t3-,4?/m0/s1. The second kappa shape index (κ2) is 2.41. The molecular weight excluding hydrogens is 112 g/mol. The van der Waals surface area contributed by atoms with Gasteiger partial charge in [0.25, 0.3) is 0 Å². The van der Waals surface area contributed by atoms with Crippen molar-refractivity contribution >= 4 is 0 Å². The fraction of sp³-hybridized carbons (Fsp3) is 1.00. The lowest BCUT2D eigenvalue weighted by Crippen LogP contribution is -2.37. The predicted molar refractivity (Wildman–Crippen MR) is 23.9 cm³/mol. The molecule has 1 rings (SSSR count). The third-order valence-corrected chi connectivity index (χ3v) is 0.904. The first-order chi connectivity index (χ1) is 3.80. The highest BCUT2D eigenvalue weighted by Crippen LogP contribution is 2.02. The molecule has 0 saturated carbocycles. The molecule has 0 bridgehead atoms. The van der Waals surface area contributed by atoms with Gasteiger partial charge >= 0.3 is 0 Å². The highest BCUT2D eigenvalue weighted by atomic mass is 16.7. The Labute approximate surface area is 46.6 Å². The van der Waals surface area contributed by atoms with Gasteiger partial charge in [-0.15, -0.1) is 0 Å². The Bertz CT molecular complexity index is 64.4. The van der Waals surface area contributed by atoms with Crippen LogP contribution in [0.4, 0.5) is 0 Å². The quantitative estimate of drug-likeness (QED) is 0.416. The molecule has 0 amide bonds. The average molecular weight is 120 g/mol. The molecule has 8 heavy (non-hydrogen) atoms. The van der Waals surface area contributed by atoms with E-state index in [1.54, 1.807) is 0 Å². The van der Waals surface area contributed by atoms with Crippen LogP contribution in [0.3, 0.4) is 0 Å². The van der Waals surface area contributed by atoms with Crippen molar-refractivity contribution in [2.24, 2.45) is 0 Å². The van der Waals surface area contributed by atoms with E-state index in [9.17, 15) is 0 Å². The lowest BCUT2D eigenvalue weighted by Gasteiger charge is -2.23. The fourth-order valence-corrected chi connectivity index (χ4v) is 0.502. The summed E-state index contributed by atoms with van der Waals surface area (Å²) in [4.78, 5) is 0. The van der Waals surface area contributed by atoms with Gasteiger partial charge in [-0.2, -0.15) is 0 Å². The minimum Gasteiger partial charge on any atom is -0.364 e. The smallest absolute Gasteiger partial charge is 0.206 e. The lowest BCUT2D eigenvalue weighted by atomic mass is 10.5. The largest absolute Gasteiger partial charge is 0.364 e. The van der Waals surface area contributed by atoms with Gasteiger partial charge < -0.3 is 19.7 Å². The van der Waals surface area contributed by atoms with E-state index in [2.05, 4.69) is 9.47 Å². The Hall–Kier alpha value is -0.160. The van der Waals surface area contributed by atoms with Gasteiger partial charge in [-0.1, -0.05) is 0 Å². The van der Waals surface area contributed by atoms with Crippen LogP contribution in [0.5, 0.6) is 0 Å². The molecular formula is C4H8O4. The van der Waals surface area contributed by atoms with Gasteiger partial charge in [0.2, 0.25) is 12.6 Å². The first kappa shape index (κ1) is 5.97. The van der Waals surface area contributed by atoms with Crippen LogP contribution in [-0.4, -0.2) is 36.0 Å². The second-order valence-corrected chi connectivity index (χ2v) is 1.52. The first-order valence-electron chi connectivity index (χ1n) is 2.40. The van der Waals surface area contributed by atoms with Gasteiger partial charge in [0.1, 0.15) is 0 Å². The molecule has 0 aromatic heterocycles. The molecule has 1 aliphatic heterocycles. The molecule has 2 atom stereocenters. The third-order valence-electron chi connectivity index (χ3n) is 0.904. The maximum absolute atomic E-state index is 8.58. The molecule has 0 aliphatic carbocycles. The van der Waals surface area contributed by atoms with Gasteiger partial charge in [0, 0.05) is 0 Å².